The van der Waals surface area contributed by atoms with Gasteiger partial charge in [0.05, 0.1) is 0 Å². The fourth-order valence-electron chi connectivity index (χ4n) is 1.36. The highest BCUT2D eigenvalue weighted by Crippen LogP contribution is 2.15. The largest absolute Gasteiger partial charge is 0.280 e. The molecular weight excluding hydrogens is 314 g/mol. The van der Waals surface area contributed by atoms with Crippen LogP contribution in [0.4, 0.5) is 0 Å². The molecule has 0 atom stereocenters. The lowest BCUT2D eigenvalue weighted by molar-refractivity contribution is 0.108. The topological polar surface area (TPSA) is 46.2 Å². The van der Waals surface area contributed by atoms with E-state index in [2.05, 4.69) is 4.13 Å². The van der Waals surface area contributed by atoms with Crippen LogP contribution in [-0.2, 0) is 0 Å². The Morgan fingerprint density at radius 2 is 1.05 bits per heavy atom. The zero-order valence-electron chi connectivity index (χ0n) is 10.3. The SMILES string of the molecule is Cl.O=C(SNSC(=O)c1ccccc1)c1ccccc1. The number of rotatable bonds is 4. The van der Waals surface area contributed by atoms with Crippen LogP contribution in [0.3, 0.4) is 0 Å². The molecular formula is C14H12ClNO2S2. The zero-order chi connectivity index (χ0) is 13.5. The van der Waals surface area contributed by atoms with E-state index in [0.717, 1.165) is 23.9 Å². The minimum Gasteiger partial charge on any atom is -0.280 e. The second-order valence-electron chi connectivity index (χ2n) is 3.59. The lowest BCUT2D eigenvalue weighted by Gasteiger charge is -2.02. The first-order valence-electron chi connectivity index (χ1n) is 5.55. The molecule has 20 heavy (non-hydrogen) atoms. The predicted octanol–water partition coefficient (Wildman–Crippen LogP) is 3.98. The van der Waals surface area contributed by atoms with E-state index in [-0.39, 0.29) is 22.6 Å². The summed E-state index contributed by atoms with van der Waals surface area (Å²) in [6.45, 7) is 0. The molecule has 0 aliphatic rings. The molecule has 104 valence electrons. The molecule has 0 amide bonds. The van der Waals surface area contributed by atoms with Crippen LogP contribution in [0.2, 0.25) is 0 Å². The molecule has 0 spiro atoms. The summed E-state index contributed by atoms with van der Waals surface area (Å²) in [6.07, 6.45) is 0. The van der Waals surface area contributed by atoms with Gasteiger partial charge in [0.25, 0.3) is 0 Å². The van der Waals surface area contributed by atoms with Gasteiger partial charge in [0.15, 0.2) is 0 Å². The first-order valence-corrected chi connectivity index (χ1v) is 7.18. The number of hydrogen-bond acceptors (Lipinski definition) is 5. The number of carbonyl (C=O) groups is 2. The Morgan fingerprint density at radius 1 is 0.700 bits per heavy atom. The lowest BCUT2D eigenvalue weighted by Crippen LogP contribution is -2.04. The monoisotopic (exact) mass is 325 g/mol. The van der Waals surface area contributed by atoms with Crippen LogP contribution in [0.1, 0.15) is 20.7 Å². The molecule has 0 bridgehead atoms. The molecule has 6 heteroatoms. The molecule has 0 fully saturated rings. The van der Waals surface area contributed by atoms with Gasteiger partial charge >= 0.3 is 0 Å². The van der Waals surface area contributed by atoms with E-state index >= 15 is 0 Å². The first kappa shape index (κ1) is 16.8. The Bertz CT molecular complexity index is 512. The minimum absolute atomic E-state index is 0. The van der Waals surface area contributed by atoms with E-state index in [1.165, 1.54) is 0 Å². The Balaban J connectivity index is 0.00000200. The van der Waals surface area contributed by atoms with Gasteiger partial charge in [-0.05, 0) is 0 Å². The van der Waals surface area contributed by atoms with Crippen LogP contribution in [0, 0.1) is 0 Å². The Hall–Kier alpha value is -1.27. The molecule has 0 aliphatic heterocycles. The minimum atomic E-state index is -0.117. The standard InChI is InChI=1S/C14H11NO2S2.ClH/c16-13(11-7-3-1-4-8-11)18-15-19-14(17)12-9-5-2-6-10-12;/h1-10,15H;1H. The molecule has 3 nitrogen and oxygen atoms in total. The van der Waals surface area contributed by atoms with Crippen LogP contribution in [-0.4, -0.2) is 10.2 Å². The fourth-order valence-corrected chi connectivity index (χ4v) is 2.64. The van der Waals surface area contributed by atoms with Crippen molar-refractivity contribution in [2.75, 3.05) is 0 Å². The summed E-state index contributed by atoms with van der Waals surface area (Å²) in [7, 11) is 0. The number of halogens is 1. The van der Waals surface area contributed by atoms with Gasteiger partial charge in [0.1, 0.15) is 0 Å². The number of benzene rings is 2. The third kappa shape index (κ3) is 5.02. The fraction of sp³-hybridized carbons (Fsp3) is 0. The van der Waals surface area contributed by atoms with Crippen molar-refractivity contribution in [3.05, 3.63) is 71.8 Å². The molecule has 0 aromatic heterocycles. The van der Waals surface area contributed by atoms with Gasteiger partial charge in [-0.2, -0.15) is 4.13 Å². The first-order chi connectivity index (χ1) is 9.27. The molecule has 0 heterocycles. The molecule has 0 unspecified atom stereocenters. The van der Waals surface area contributed by atoms with Gasteiger partial charge in [-0.3, -0.25) is 9.59 Å². The molecule has 2 aromatic carbocycles. The van der Waals surface area contributed by atoms with E-state index in [4.69, 9.17) is 0 Å². The highest BCUT2D eigenvalue weighted by Gasteiger charge is 2.09. The summed E-state index contributed by atoms with van der Waals surface area (Å²) in [5.41, 5.74) is 1.21. The maximum absolute atomic E-state index is 11.7. The van der Waals surface area contributed by atoms with Crippen molar-refractivity contribution >= 4 is 46.5 Å². The van der Waals surface area contributed by atoms with Crippen LogP contribution in [0.25, 0.3) is 0 Å². The van der Waals surface area contributed by atoms with Gasteiger partial charge in [-0.1, -0.05) is 60.7 Å². The smallest absolute Gasteiger partial charge is 0.234 e. The maximum atomic E-state index is 11.7. The number of hydrogen-bond donors (Lipinski definition) is 1. The molecule has 2 rings (SSSR count). The van der Waals surface area contributed by atoms with Gasteiger partial charge in [-0.25, -0.2) is 0 Å². The lowest BCUT2D eigenvalue weighted by atomic mass is 10.2. The third-order valence-electron chi connectivity index (χ3n) is 2.29. The van der Waals surface area contributed by atoms with Gasteiger partial charge < -0.3 is 0 Å². The van der Waals surface area contributed by atoms with Crippen LogP contribution < -0.4 is 4.13 Å². The average molecular weight is 326 g/mol. The van der Waals surface area contributed by atoms with E-state index in [9.17, 15) is 9.59 Å². The Labute approximate surface area is 132 Å². The summed E-state index contributed by atoms with van der Waals surface area (Å²) in [4.78, 5) is 23.5. The van der Waals surface area contributed by atoms with Crippen molar-refractivity contribution < 1.29 is 9.59 Å². The van der Waals surface area contributed by atoms with Crippen LogP contribution in [0.5, 0.6) is 0 Å². The number of nitrogens with one attached hydrogen (secondary N) is 1. The summed E-state index contributed by atoms with van der Waals surface area (Å²) in [5.74, 6) is 0. The van der Waals surface area contributed by atoms with Crippen molar-refractivity contribution in [3.8, 4) is 0 Å². The van der Waals surface area contributed by atoms with Crippen LogP contribution in [0.15, 0.2) is 60.7 Å². The summed E-state index contributed by atoms with van der Waals surface area (Å²) < 4.78 is 2.72. The predicted molar refractivity (Wildman–Crippen MR) is 87.1 cm³/mol. The third-order valence-corrected chi connectivity index (χ3v) is 3.80. The average Bonchev–Trinajstić information content (AvgIpc) is 2.49. The molecule has 2 aromatic rings. The Morgan fingerprint density at radius 3 is 1.40 bits per heavy atom. The molecule has 0 saturated heterocycles. The van der Waals surface area contributed by atoms with Gasteiger partial charge in [0.2, 0.25) is 10.2 Å². The normalized spacial score (nSPS) is 9.60. The van der Waals surface area contributed by atoms with Crippen molar-refractivity contribution in [1.82, 2.24) is 4.13 Å². The van der Waals surface area contributed by atoms with Gasteiger partial charge in [0, 0.05) is 35.0 Å². The second kappa shape index (κ2) is 8.81. The quantitative estimate of drug-likeness (QED) is 0.862. The van der Waals surface area contributed by atoms with Crippen LogP contribution >= 0.6 is 36.3 Å². The summed E-state index contributed by atoms with van der Waals surface area (Å²) in [5, 5.41) is -0.233. The zero-order valence-corrected chi connectivity index (χ0v) is 12.8. The maximum Gasteiger partial charge on any atom is 0.234 e. The van der Waals surface area contributed by atoms with Crippen molar-refractivity contribution in [2.24, 2.45) is 0 Å². The van der Waals surface area contributed by atoms with Gasteiger partial charge in [-0.15, -0.1) is 12.4 Å². The molecule has 0 saturated carbocycles. The summed E-state index contributed by atoms with van der Waals surface area (Å²) in [6, 6.07) is 17.9. The number of carbonyl (C=O) groups excluding carboxylic acids is 2. The van der Waals surface area contributed by atoms with E-state index in [1.807, 2.05) is 12.1 Å². The molecule has 0 aliphatic carbocycles. The van der Waals surface area contributed by atoms with Crippen molar-refractivity contribution in [1.29, 1.82) is 0 Å². The highest BCUT2D eigenvalue weighted by molar-refractivity contribution is 8.26. The van der Waals surface area contributed by atoms with E-state index in [1.54, 1.807) is 48.5 Å². The molecule has 0 radical (unpaired) electrons. The highest BCUT2D eigenvalue weighted by atomic mass is 35.5. The molecule has 1 N–H and O–H groups in total. The summed E-state index contributed by atoms with van der Waals surface area (Å²) >= 11 is 1.81. The van der Waals surface area contributed by atoms with E-state index in [0.29, 0.717) is 11.1 Å². The van der Waals surface area contributed by atoms with E-state index < -0.39 is 0 Å². The van der Waals surface area contributed by atoms with Crippen molar-refractivity contribution in [2.45, 2.75) is 0 Å². The second-order valence-corrected chi connectivity index (χ2v) is 5.41. The Kier molecular flexibility index (Phi) is 7.40. The van der Waals surface area contributed by atoms with Crippen molar-refractivity contribution in [3.63, 3.8) is 0 Å².